The summed E-state index contributed by atoms with van der Waals surface area (Å²) in [5.74, 6) is 0. The Kier molecular flexibility index (Phi) is 2.86. The van der Waals surface area contributed by atoms with Crippen LogP contribution in [0.2, 0.25) is 0 Å². The van der Waals surface area contributed by atoms with Crippen LogP contribution >= 0.6 is 0 Å². The molecule has 0 N–H and O–H groups in total. The second-order valence-electron chi connectivity index (χ2n) is 5.57. The zero-order chi connectivity index (χ0) is 12.8. The monoisotopic (exact) mass is 244 g/mol. The number of hydrogen-bond donors (Lipinski definition) is 0. The maximum absolute atomic E-state index is 2.66. The van der Waals surface area contributed by atoms with Crippen molar-refractivity contribution in [1.29, 1.82) is 0 Å². The molecule has 0 saturated carbocycles. The van der Waals surface area contributed by atoms with Crippen molar-refractivity contribution in [1.82, 2.24) is 4.90 Å². The van der Waals surface area contributed by atoms with Crippen LogP contribution in [0.1, 0.15) is 39.2 Å². The average Bonchev–Trinajstić information content (AvgIpc) is 2.91. The summed E-state index contributed by atoms with van der Waals surface area (Å²) in [5.41, 5.74) is 3.45. The Morgan fingerprint density at radius 2 is 1.94 bits per heavy atom. The topological polar surface area (TPSA) is 6.48 Å². The van der Waals surface area contributed by atoms with Crippen molar-refractivity contribution in [3.05, 3.63) is 29.8 Å². The van der Waals surface area contributed by atoms with E-state index in [4.69, 9.17) is 0 Å². The lowest BCUT2D eigenvalue weighted by Crippen LogP contribution is -2.49. The number of likely N-dealkylation sites (N-methyl/N-ethyl adjacent to an activating group) is 2. The molecule has 1 saturated heterocycles. The Hall–Kier alpha value is -1.02. The molecule has 0 aromatic heterocycles. The molecule has 2 atom stereocenters. The molecule has 0 spiro atoms. The molecule has 2 nitrogen and oxygen atoms in total. The summed E-state index contributed by atoms with van der Waals surface area (Å²) < 4.78 is 0. The summed E-state index contributed by atoms with van der Waals surface area (Å²) >= 11 is 0. The summed E-state index contributed by atoms with van der Waals surface area (Å²) in [6.45, 7) is 10.5. The molecule has 0 unspecified atom stereocenters. The number of para-hydroxylation sites is 1. The normalized spacial score (nSPS) is 30.6. The van der Waals surface area contributed by atoms with Crippen molar-refractivity contribution in [3.8, 4) is 0 Å². The van der Waals surface area contributed by atoms with Gasteiger partial charge in [-0.3, -0.25) is 4.90 Å². The lowest BCUT2D eigenvalue weighted by molar-refractivity contribution is 0.217. The van der Waals surface area contributed by atoms with Gasteiger partial charge in [0.1, 0.15) is 0 Å². The van der Waals surface area contributed by atoms with Crippen LogP contribution in [0.25, 0.3) is 0 Å². The smallest absolute Gasteiger partial charge is 0.0919 e. The predicted molar refractivity (Wildman–Crippen MR) is 77.1 cm³/mol. The molecule has 2 heterocycles. The number of nitrogens with zero attached hydrogens (tertiary/aromatic N) is 2. The van der Waals surface area contributed by atoms with Gasteiger partial charge in [0, 0.05) is 24.2 Å². The second-order valence-corrected chi connectivity index (χ2v) is 5.57. The molecule has 1 aromatic rings. The molecule has 0 aliphatic carbocycles. The Morgan fingerprint density at radius 3 is 2.61 bits per heavy atom. The van der Waals surface area contributed by atoms with Crippen LogP contribution in [0.3, 0.4) is 0 Å². The number of anilines is 1. The molecule has 0 radical (unpaired) electrons. The Balaban J connectivity index is 2.15. The first-order valence-corrected chi connectivity index (χ1v) is 7.38. The van der Waals surface area contributed by atoms with Crippen LogP contribution in [-0.4, -0.2) is 30.7 Å². The molecule has 1 aromatic carbocycles. The van der Waals surface area contributed by atoms with Gasteiger partial charge in [-0.05, 0) is 37.9 Å². The lowest BCUT2D eigenvalue weighted by atomic mass is 9.77. The van der Waals surface area contributed by atoms with Crippen LogP contribution in [0.15, 0.2) is 24.3 Å². The van der Waals surface area contributed by atoms with Crippen LogP contribution in [0.4, 0.5) is 5.69 Å². The van der Waals surface area contributed by atoms with E-state index in [9.17, 15) is 0 Å². The second kappa shape index (κ2) is 4.27. The van der Waals surface area contributed by atoms with E-state index in [2.05, 4.69) is 54.8 Å². The largest absolute Gasteiger partial charge is 0.355 e. The maximum atomic E-state index is 2.66. The van der Waals surface area contributed by atoms with Gasteiger partial charge >= 0.3 is 0 Å². The van der Waals surface area contributed by atoms with E-state index in [1.54, 1.807) is 5.56 Å². The predicted octanol–water partition coefficient (Wildman–Crippen LogP) is 3.23. The third-order valence-corrected chi connectivity index (χ3v) is 5.11. The van der Waals surface area contributed by atoms with Gasteiger partial charge in [0.05, 0.1) is 6.17 Å². The van der Waals surface area contributed by atoms with Gasteiger partial charge in [-0.25, -0.2) is 0 Å². The van der Waals surface area contributed by atoms with Gasteiger partial charge in [0.25, 0.3) is 0 Å². The van der Waals surface area contributed by atoms with E-state index in [1.165, 1.54) is 25.1 Å². The van der Waals surface area contributed by atoms with Crippen molar-refractivity contribution in [2.45, 2.75) is 45.2 Å². The van der Waals surface area contributed by atoms with Gasteiger partial charge in [0.2, 0.25) is 0 Å². The number of fused-ring (bicyclic) bond motifs is 3. The third kappa shape index (κ3) is 1.33. The fraction of sp³-hybridized carbons (Fsp3) is 0.625. The molecule has 2 aliphatic rings. The molecule has 1 fully saturated rings. The number of hydrogen-bond acceptors (Lipinski definition) is 2. The number of benzene rings is 1. The summed E-state index contributed by atoms with van der Waals surface area (Å²) in [6, 6.07) is 9.06. The zero-order valence-corrected chi connectivity index (χ0v) is 11.8. The minimum atomic E-state index is 0.378. The van der Waals surface area contributed by atoms with Gasteiger partial charge in [-0.2, -0.15) is 0 Å². The summed E-state index contributed by atoms with van der Waals surface area (Å²) in [5, 5.41) is 0. The first-order chi connectivity index (χ1) is 8.78. The summed E-state index contributed by atoms with van der Waals surface area (Å²) in [6.07, 6.45) is 3.16. The highest BCUT2D eigenvalue weighted by molar-refractivity contribution is 5.65. The van der Waals surface area contributed by atoms with E-state index in [-0.39, 0.29) is 0 Å². The average molecular weight is 244 g/mol. The third-order valence-electron chi connectivity index (χ3n) is 5.11. The maximum Gasteiger partial charge on any atom is 0.0919 e. The lowest BCUT2D eigenvalue weighted by Gasteiger charge is -2.37. The first-order valence-electron chi connectivity index (χ1n) is 7.38. The van der Waals surface area contributed by atoms with E-state index in [0.717, 1.165) is 13.1 Å². The van der Waals surface area contributed by atoms with Crippen LogP contribution in [0, 0.1) is 0 Å². The van der Waals surface area contributed by atoms with Crippen LogP contribution < -0.4 is 4.90 Å². The van der Waals surface area contributed by atoms with E-state index >= 15 is 0 Å². The van der Waals surface area contributed by atoms with E-state index in [0.29, 0.717) is 11.6 Å². The minimum Gasteiger partial charge on any atom is -0.355 e. The molecule has 18 heavy (non-hydrogen) atoms. The molecule has 98 valence electrons. The van der Waals surface area contributed by atoms with Crippen molar-refractivity contribution in [3.63, 3.8) is 0 Å². The minimum absolute atomic E-state index is 0.378. The van der Waals surface area contributed by atoms with Gasteiger partial charge in [0.15, 0.2) is 0 Å². The molecule has 0 amide bonds. The van der Waals surface area contributed by atoms with Crippen LogP contribution in [0.5, 0.6) is 0 Å². The fourth-order valence-corrected chi connectivity index (χ4v) is 4.21. The Morgan fingerprint density at radius 1 is 1.17 bits per heavy atom. The highest BCUT2D eigenvalue weighted by Gasteiger charge is 2.54. The van der Waals surface area contributed by atoms with E-state index < -0.39 is 0 Å². The number of likely N-dealkylation sites (tertiary alicyclic amines) is 1. The molecule has 2 heteroatoms. The highest BCUT2D eigenvalue weighted by atomic mass is 15.4. The molecule has 2 aliphatic heterocycles. The standard InChI is InChI=1S/C16H24N2/c1-4-16-11-12-17(5-2)15(16)18(6-3)14-10-8-7-9-13(14)16/h7-10,15H,4-6,11-12H2,1-3H3/t15-,16+/m1/s1. The van der Waals surface area contributed by atoms with Gasteiger partial charge in [-0.1, -0.05) is 32.0 Å². The molecular formula is C16H24N2. The van der Waals surface area contributed by atoms with Crippen molar-refractivity contribution < 1.29 is 0 Å². The van der Waals surface area contributed by atoms with Gasteiger partial charge < -0.3 is 4.90 Å². The Bertz CT molecular complexity index is 442. The molecule has 3 rings (SSSR count). The summed E-state index contributed by atoms with van der Waals surface area (Å²) in [4.78, 5) is 5.28. The highest BCUT2D eigenvalue weighted by Crippen LogP contribution is 2.53. The van der Waals surface area contributed by atoms with E-state index in [1.807, 2.05) is 0 Å². The number of rotatable bonds is 3. The quantitative estimate of drug-likeness (QED) is 0.805. The Labute approximate surface area is 111 Å². The van der Waals surface area contributed by atoms with Crippen molar-refractivity contribution in [2.24, 2.45) is 0 Å². The first kappa shape index (κ1) is 12.0. The molecular weight excluding hydrogens is 220 g/mol. The van der Waals surface area contributed by atoms with Crippen LogP contribution in [-0.2, 0) is 5.41 Å². The summed E-state index contributed by atoms with van der Waals surface area (Å²) in [7, 11) is 0. The molecule has 0 bridgehead atoms. The van der Waals surface area contributed by atoms with Crippen molar-refractivity contribution >= 4 is 5.69 Å². The van der Waals surface area contributed by atoms with Crippen molar-refractivity contribution in [2.75, 3.05) is 24.5 Å². The fourth-order valence-electron chi connectivity index (χ4n) is 4.21. The zero-order valence-electron chi connectivity index (χ0n) is 11.8. The van der Waals surface area contributed by atoms with Gasteiger partial charge in [-0.15, -0.1) is 0 Å². The SMILES string of the molecule is CCN1CC[C@@]2(CC)c3ccccc3N(CC)[C@@H]12.